The van der Waals surface area contributed by atoms with Gasteiger partial charge in [0.15, 0.2) is 11.6 Å². The normalized spacial score (nSPS) is 14.8. The molecule has 0 unspecified atom stereocenters. The number of carbonyl (C=O) groups excluding carboxylic acids is 2. The fourth-order valence-electron chi connectivity index (χ4n) is 3.44. The molecule has 0 aromatic heterocycles. The van der Waals surface area contributed by atoms with Crippen LogP contribution in [0.25, 0.3) is 0 Å². The van der Waals surface area contributed by atoms with Crippen LogP contribution in [0.5, 0.6) is 0 Å². The van der Waals surface area contributed by atoms with E-state index in [1.807, 2.05) is 0 Å². The molecular formula is C21H21F3N2O2. The number of benzene rings is 2. The van der Waals surface area contributed by atoms with E-state index in [1.165, 1.54) is 35.2 Å². The number of likely N-dealkylation sites (tertiary alicyclic amines) is 1. The Hall–Kier alpha value is -2.83. The average molecular weight is 390 g/mol. The van der Waals surface area contributed by atoms with Gasteiger partial charge in [0.2, 0.25) is 5.91 Å². The van der Waals surface area contributed by atoms with Gasteiger partial charge in [0, 0.05) is 42.9 Å². The number of carbonyl (C=O) groups is 2. The van der Waals surface area contributed by atoms with Crippen molar-refractivity contribution in [2.24, 2.45) is 5.92 Å². The molecule has 2 aromatic rings. The zero-order chi connectivity index (χ0) is 20.3. The lowest BCUT2D eigenvalue weighted by atomic mass is 9.94. The van der Waals surface area contributed by atoms with Crippen LogP contribution in [-0.4, -0.2) is 36.3 Å². The van der Waals surface area contributed by atoms with Gasteiger partial charge in [-0.2, -0.15) is 0 Å². The second kappa shape index (κ2) is 8.46. The molecular weight excluding hydrogens is 369 g/mol. The van der Waals surface area contributed by atoms with E-state index < -0.39 is 17.5 Å². The highest BCUT2D eigenvalue weighted by molar-refractivity contribution is 5.96. The Morgan fingerprint density at radius 2 is 1.64 bits per heavy atom. The molecule has 0 atom stereocenters. The zero-order valence-corrected chi connectivity index (χ0v) is 15.5. The van der Waals surface area contributed by atoms with Crippen LogP contribution in [0.3, 0.4) is 0 Å². The fourth-order valence-corrected chi connectivity index (χ4v) is 3.44. The minimum Gasteiger partial charge on any atom is -0.339 e. The van der Waals surface area contributed by atoms with Crippen molar-refractivity contribution in [2.75, 3.05) is 24.5 Å². The maximum absolute atomic E-state index is 13.5. The van der Waals surface area contributed by atoms with Crippen LogP contribution in [0.4, 0.5) is 18.9 Å². The molecule has 1 aliphatic rings. The third-order valence-electron chi connectivity index (χ3n) is 5.02. The highest BCUT2D eigenvalue weighted by Crippen LogP contribution is 2.25. The lowest BCUT2D eigenvalue weighted by Crippen LogP contribution is -2.44. The number of piperidine rings is 1. The Balaban J connectivity index is 1.64. The summed E-state index contributed by atoms with van der Waals surface area (Å²) in [6, 6.07) is 8.77. The topological polar surface area (TPSA) is 40.6 Å². The van der Waals surface area contributed by atoms with Crippen LogP contribution in [0.15, 0.2) is 42.5 Å². The average Bonchev–Trinajstić information content (AvgIpc) is 2.71. The molecule has 4 nitrogen and oxygen atoms in total. The predicted molar refractivity (Wildman–Crippen MR) is 99.4 cm³/mol. The molecule has 0 bridgehead atoms. The van der Waals surface area contributed by atoms with Gasteiger partial charge >= 0.3 is 0 Å². The van der Waals surface area contributed by atoms with Gasteiger partial charge < -0.3 is 9.80 Å². The minimum absolute atomic E-state index is 0.164. The molecule has 0 radical (unpaired) electrons. The first kappa shape index (κ1) is 19.9. The molecule has 0 saturated carbocycles. The molecule has 148 valence electrons. The first-order chi connectivity index (χ1) is 13.4. The highest BCUT2D eigenvalue weighted by Gasteiger charge is 2.31. The smallest absolute Gasteiger partial charge is 0.253 e. The second-order valence-electron chi connectivity index (χ2n) is 6.75. The summed E-state index contributed by atoms with van der Waals surface area (Å²) in [4.78, 5) is 28.5. The summed E-state index contributed by atoms with van der Waals surface area (Å²) in [5, 5.41) is 0. The lowest BCUT2D eigenvalue weighted by Gasteiger charge is -2.34. The van der Waals surface area contributed by atoms with Crippen molar-refractivity contribution >= 4 is 17.5 Å². The van der Waals surface area contributed by atoms with Crippen molar-refractivity contribution in [3.8, 4) is 0 Å². The van der Waals surface area contributed by atoms with Gasteiger partial charge in [-0.1, -0.05) is 0 Å². The maximum atomic E-state index is 13.5. The van der Waals surface area contributed by atoms with Gasteiger partial charge in [0.1, 0.15) is 5.82 Å². The second-order valence-corrected chi connectivity index (χ2v) is 6.75. The van der Waals surface area contributed by atoms with E-state index in [4.69, 9.17) is 0 Å². The molecule has 0 aliphatic carbocycles. The Morgan fingerprint density at radius 3 is 2.21 bits per heavy atom. The number of amides is 2. The standard InChI is InChI=1S/C21H21F3N2O2/c1-2-26(17-7-8-18(23)19(24)13-17)21(28)15-9-11-25(12-10-15)20(27)14-3-5-16(22)6-4-14/h3-8,13,15H,2,9-12H2,1H3. The molecule has 7 heteroatoms. The van der Waals surface area contributed by atoms with Crippen LogP contribution in [0.2, 0.25) is 0 Å². The van der Waals surface area contributed by atoms with E-state index in [-0.39, 0.29) is 17.7 Å². The fraction of sp³-hybridized carbons (Fsp3) is 0.333. The summed E-state index contributed by atoms with van der Waals surface area (Å²) < 4.78 is 39.7. The van der Waals surface area contributed by atoms with Gasteiger partial charge in [-0.25, -0.2) is 13.2 Å². The zero-order valence-electron chi connectivity index (χ0n) is 15.5. The van der Waals surface area contributed by atoms with Crippen molar-refractivity contribution in [2.45, 2.75) is 19.8 Å². The molecule has 1 aliphatic heterocycles. The molecule has 0 spiro atoms. The molecule has 2 aromatic carbocycles. The molecule has 1 saturated heterocycles. The lowest BCUT2D eigenvalue weighted by molar-refractivity contribution is -0.123. The number of rotatable bonds is 4. The Kier molecular flexibility index (Phi) is 6.02. The third-order valence-corrected chi connectivity index (χ3v) is 5.02. The summed E-state index contributed by atoms with van der Waals surface area (Å²) in [5.41, 5.74) is 0.722. The first-order valence-electron chi connectivity index (χ1n) is 9.22. The number of halogens is 3. The van der Waals surface area contributed by atoms with Gasteiger partial charge in [-0.3, -0.25) is 9.59 Å². The van der Waals surface area contributed by atoms with Gasteiger partial charge in [-0.05, 0) is 56.2 Å². The van der Waals surface area contributed by atoms with Crippen LogP contribution < -0.4 is 4.90 Å². The van der Waals surface area contributed by atoms with E-state index >= 15 is 0 Å². The predicted octanol–water partition coefficient (Wildman–Crippen LogP) is 4.01. The summed E-state index contributed by atoms with van der Waals surface area (Å²) in [5.74, 6) is -3.02. The van der Waals surface area contributed by atoms with Crippen molar-refractivity contribution in [3.63, 3.8) is 0 Å². The summed E-state index contributed by atoms with van der Waals surface area (Å²) in [7, 11) is 0. The van der Waals surface area contributed by atoms with E-state index in [2.05, 4.69) is 0 Å². The summed E-state index contributed by atoms with van der Waals surface area (Å²) in [6.45, 7) is 2.91. The van der Waals surface area contributed by atoms with Crippen LogP contribution >= 0.6 is 0 Å². The summed E-state index contributed by atoms with van der Waals surface area (Å²) >= 11 is 0. The van der Waals surface area contributed by atoms with Crippen molar-refractivity contribution in [3.05, 3.63) is 65.5 Å². The quantitative estimate of drug-likeness (QED) is 0.792. The van der Waals surface area contributed by atoms with Crippen molar-refractivity contribution in [1.82, 2.24) is 4.90 Å². The van der Waals surface area contributed by atoms with Crippen LogP contribution in [-0.2, 0) is 4.79 Å². The Labute approximate surface area is 161 Å². The SMILES string of the molecule is CCN(C(=O)C1CCN(C(=O)c2ccc(F)cc2)CC1)c1ccc(F)c(F)c1. The van der Waals surface area contributed by atoms with Crippen LogP contribution in [0.1, 0.15) is 30.1 Å². The largest absolute Gasteiger partial charge is 0.339 e. The molecule has 3 rings (SSSR count). The molecule has 0 N–H and O–H groups in total. The number of hydrogen-bond acceptors (Lipinski definition) is 2. The maximum Gasteiger partial charge on any atom is 0.253 e. The monoisotopic (exact) mass is 390 g/mol. The molecule has 1 heterocycles. The van der Waals surface area contributed by atoms with E-state index in [0.717, 1.165) is 12.1 Å². The number of anilines is 1. The van der Waals surface area contributed by atoms with E-state index in [0.29, 0.717) is 43.7 Å². The van der Waals surface area contributed by atoms with Crippen LogP contribution in [0, 0.1) is 23.4 Å². The highest BCUT2D eigenvalue weighted by atomic mass is 19.2. The van der Waals surface area contributed by atoms with E-state index in [1.54, 1.807) is 11.8 Å². The van der Waals surface area contributed by atoms with Gasteiger partial charge in [0.05, 0.1) is 0 Å². The summed E-state index contributed by atoms with van der Waals surface area (Å²) in [6.07, 6.45) is 0.956. The minimum atomic E-state index is -0.997. The molecule has 2 amide bonds. The van der Waals surface area contributed by atoms with Gasteiger partial charge in [0.25, 0.3) is 5.91 Å². The Bertz CT molecular complexity index is 862. The van der Waals surface area contributed by atoms with Crippen molar-refractivity contribution in [1.29, 1.82) is 0 Å². The molecule has 28 heavy (non-hydrogen) atoms. The number of nitrogens with zero attached hydrogens (tertiary/aromatic N) is 2. The van der Waals surface area contributed by atoms with Crippen molar-refractivity contribution < 1.29 is 22.8 Å². The Morgan fingerprint density at radius 1 is 1.00 bits per heavy atom. The van der Waals surface area contributed by atoms with E-state index in [9.17, 15) is 22.8 Å². The first-order valence-corrected chi connectivity index (χ1v) is 9.22. The number of hydrogen-bond donors (Lipinski definition) is 0. The van der Waals surface area contributed by atoms with Gasteiger partial charge in [-0.15, -0.1) is 0 Å². The third kappa shape index (κ3) is 4.18. The molecule has 1 fully saturated rings.